The Hall–Kier alpha value is -2.10. The average Bonchev–Trinajstić information content (AvgIpc) is 2.41. The van der Waals surface area contributed by atoms with Crippen molar-refractivity contribution in [2.75, 3.05) is 25.6 Å². The zero-order valence-corrected chi connectivity index (χ0v) is 12.2. The Kier molecular flexibility index (Phi) is 5.97. The van der Waals surface area contributed by atoms with Crippen molar-refractivity contribution in [2.45, 2.75) is 6.54 Å². The maximum atomic E-state index is 11.9. The monoisotopic (exact) mass is 348 g/mol. The highest BCUT2D eigenvalue weighted by Gasteiger charge is 2.11. The summed E-state index contributed by atoms with van der Waals surface area (Å²) in [5.74, 6) is -0.581. The minimum atomic E-state index is -0.877. The number of ether oxygens (including phenoxy) is 2. The van der Waals surface area contributed by atoms with Crippen LogP contribution in [0.1, 0.15) is 0 Å². The van der Waals surface area contributed by atoms with Gasteiger partial charge in [-0.2, -0.15) is 5.10 Å². The summed E-state index contributed by atoms with van der Waals surface area (Å²) in [4.78, 5) is 33.3. The number of hydrogen-bond donors (Lipinski definition) is 2. The van der Waals surface area contributed by atoms with E-state index in [0.29, 0.717) is 5.69 Å². The van der Waals surface area contributed by atoms with Gasteiger partial charge >= 0.3 is 12.1 Å². The molecule has 1 heterocycles. The minimum absolute atomic E-state index is 0.0486. The van der Waals surface area contributed by atoms with E-state index in [-0.39, 0.29) is 24.2 Å². The van der Waals surface area contributed by atoms with Gasteiger partial charge in [-0.3, -0.25) is 9.59 Å². The van der Waals surface area contributed by atoms with E-state index in [9.17, 15) is 14.4 Å². The van der Waals surface area contributed by atoms with Gasteiger partial charge in [0.1, 0.15) is 17.6 Å². The predicted octanol–water partition coefficient (Wildman–Crippen LogP) is -0.314. The SMILES string of the molecule is COC(=O)Cn1ncc(NCCOC(N)=O)c(Br)c1=O. The largest absolute Gasteiger partial charge is 0.468 e. The lowest BCUT2D eigenvalue weighted by Gasteiger charge is -2.09. The summed E-state index contributed by atoms with van der Waals surface area (Å²) in [6.07, 6.45) is 0.482. The molecule has 0 bridgehead atoms. The molecule has 0 spiro atoms. The van der Waals surface area contributed by atoms with Crippen molar-refractivity contribution in [3.8, 4) is 0 Å². The number of carbonyl (C=O) groups is 2. The van der Waals surface area contributed by atoms with Crippen molar-refractivity contribution in [3.05, 3.63) is 21.0 Å². The summed E-state index contributed by atoms with van der Waals surface area (Å²) < 4.78 is 10.1. The van der Waals surface area contributed by atoms with Gasteiger partial charge in [0.25, 0.3) is 5.56 Å². The number of methoxy groups -OCH3 is 1. The van der Waals surface area contributed by atoms with Gasteiger partial charge in [-0.15, -0.1) is 0 Å². The predicted molar refractivity (Wildman–Crippen MR) is 72.2 cm³/mol. The molecule has 9 nitrogen and oxygen atoms in total. The number of nitrogens with two attached hydrogens (primary N) is 1. The fraction of sp³-hybridized carbons (Fsp3) is 0.400. The van der Waals surface area contributed by atoms with Crippen LogP contribution in [0.2, 0.25) is 0 Å². The molecule has 0 unspecified atom stereocenters. The number of nitrogens with zero attached hydrogens (tertiary/aromatic N) is 2. The Labute approximate surface area is 122 Å². The van der Waals surface area contributed by atoms with Crippen molar-refractivity contribution in [1.82, 2.24) is 9.78 Å². The molecule has 110 valence electrons. The molecule has 1 aromatic heterocycles. The zero-order valence-electron chi connectivity index (χ0n) is 10.6. The molecule has 1 amide bonds. The topological polar surface area (TPSA) is 126 Å². The first-order chi connectivity index (χ1) is 9.45. The van der Waals surface area contributed by atoms with Crippen molar-refractivity contribution in [2.24, 2.45) is 5.73 Å². The number of primary amides is 1. The fourth-order valence-corrected chi connectivity index (χ4v) is 1.67. The van der Waals surface area contributed by atoms with Crippen LogP contribution in [-0.2, 0) is 20.8 Å². The maximum Gasteiger partial charge on any atom is 0.404 e. The van der Waals surface area contributed by atoms with E-state index in [2.05, 4.69) is 35.8 Å². The second-order valence-electron chi connectivity index (χ2n) is 3.51. The fourth-order valence-electron chi connectivity index (χ4n) is 1.23. The number of hydrogen-bond acceptors (Lipinski definition) is 7. The van der Waals surface area contributed by atoms with Crippen molar-refractivity contribution in [1.29, 1.82) is 0 Å². The van der Waals surface area contributed by atoms with E-state index < -0.39 is 17.6 Å². The van der Waals surface area contributed by atoms with Crippen LogP contribution in [0, 0.1) is 0 Å². The summed E-state index contributed by atoms with van der Waals surface area (Å²) in [6.45, 7) is 0.0235. The molecule has 20 heavy (non-hydrogen) atoms. The summed E-state index contributed by atoms with van der Waals surface area (Å²) in [5, 5.41) is 6.65. The molecule has 1 aromatic rings. The average molecular weight is 349 g/mol. The van der Waals surface area contributed by atoms with Gasteiger partial charge in [0, 0.05) is 6.54 Å². The highest BCUT2D eigenvalue weighted by atomic mass is 79.9. The van der Waals surface area contributed by atoms with Crippen LogP contribution >= 0.6 is 15.9 Å². The molecule has 10 heteroatoms. The van der Waals surface area contributed by atoms with Gasteiger partial charge in [0.2, 0.25) is 0 Å². The normalized spacial score (nSPS) is 9.90. The van der Waals surface area contributed by atoms with Crippen molar-refractivity contribution >= 4 is 33.7 Å². The quantitative estimate of drug-likeness (QED) is 0.533. The van der Waals surface area contributed by atoms with Gasteiger partial charge in [-0.25, -0.2) is 9.48 Å². The van der Waals surface area contributed by atoms with E-state index >= 15 is 0 Å². The first-order valence-electron chi connectivity index (χ1n) is 5.44. The number of carbonyl (C=O) groups excluding carboxylic acids is 2. The van der Waals surface area contributed by atoms with Crippen LogP contribution in [0.25, 0.3) is 0 Å². The molecule has 0 atom stereocenters. The number of halogens is 1. The Morgan fingerprint density at radius 2 is 2.25 bits per heavy atom. The summed E-state index contributed by atoms with van der Waals surface area (Å²) in [5.41, 5.74) is 4.71. The lowest BCUT2D eigenvalue weighted by Crippen LogP contribution is -2.28. The Balaban J connectivity index is 2.71. The lowest BCUT2D eigenvalue weighted by molar-refractivity contribution is -0.141. The van der Waals surface area contributed by atoms with Crippen molar-refractivity contribution in [3.63, 3.8) is 0 Å². The third-order valence-corrected chi connectivity index (χ3v) is 2.92. The standard InChI is InChI=1S/C10H13BrN4O5/c1-19-7(16)5-15-9(17)8(11)6(4-14-15)13-2-3-20-10(12)18/h4,13H,2-3,5H2,1H3,(H2,12,18). The van der Waals surface area contributed by atoms with E-state index in [4.69, 9.17) is 5.73 Å². The summed E-state index contributed by atoms with van der Waals surface area (Å²) >= 11 is 3.10. The van der Waals surface area contributed by atoms with Crippen LogP contribution in [0.15, 0.2) is 15.5 Å². The summed E-state index contributed by atoms with van der Waals surface area (Å²) in [7, 11) is 1.22. The highest BCUT2D eigenvalue weighted by molar-refractivity contribution is 9.10. The molecule has 0 aliphatic heterocycles. The molecular weight excluding hydrogens is 336 g/mol. The van der Waals surface area contributed by atoms with Gasteiger partial charge < -0.3 is 20.5 Å². The molecule has 0 fully saturated rings. The number of aromatic nitrogens is 2. The highest BCUT2D eigenvalue weighted by Crippen LogP contribution is 2.15. The van der Waals surface area contributed by atoms with E-state index in [1.54, 1.807) is 0 Å². The molecule has 0 aliphatic carbocycles. The first kappa shape index (κ1) is 16.0. The van der Waals surface area contributed by atoms with Crippen LogP contribution in [0.3, 0.4) is 0 Å². The lowest BCUT2D eigenvalue weighted by atomic mass is 10.4. The number of amides is 1. The van der Waals surface area contributed by atoms with Crippen LogP contribution in [-0.4, -0.2) is 42.1 Å². The van der Waals surface area contributed by atoms with Gasteiger partial charge in [0.05, 0.1) is 19.0 Å². The van der Waals surface area contributed by atoms with Gasteiger partial charge in [-0.05, 0) is 15.9 Å². The third-order valence-electron chi connectivity index (χ3n) is 2.15. The Morgan fingerprint density at radius 3 is 2.85 bits per heavy atom. The van der Waals surface area contributed by atoms with E-state index in [1.807, 2.05) is 0 Å². The van der Waals surface area contributed by atoms with Crippen LogP contribution in [0.5, 0.6) is 0 Å². The minimum Gasteiger partial charge on any atom is -0.468 e. The smallest absolute Gasteiger partial charge is 0.404 e. The molecule has 0 aromatic carbocycles. The number of rotatable bonds is 6. The molecule has 0 aliphatic rings. The molecule has 3 N–H and O–H groups in total. The maximum absolute atomic E-state index is 11.9. The number of anilines is 1. The molecule has 0 radical (unpaired) electrons. The van der Waals surface area contributed by atoms with Crippen molar-refractivity contribution < 1.29 is 19.1 Å². The Bertz CT molecular complexity index is 559. The van der Waals surface area contributed by atoms with Crippen LogP contribution < -0.4 is 16.6 Å². The molecule has 1 rings (SSSR count). The second kappa shape index (κ2) is 7.48. The van der Waals surface area contributed by atoms with Crippen LogP contribution in [0.4, 0.5) is 10.5 Å². The number of nitrogens with one attached hydrogen (secondary N) is 1. The molecule has 0 saturated carbocycles. The Morgan fingerprint density at radius 1 is 1.55 bits per heavy atom. The van der Waals surface area contributed by atoms with E-state index in [0.717, 1.165) is 4.68 Å². The second-order valence-corrected chi connectivity index (χ2v) is 4.30. The number of esters is 1. The molecular formula is C10H13BrN4O5. The molecule has 0 saturated heterocycles. The van der Waals surface area contributed by atoms with Gasteiger partial charge in [-0.1, -0.05) is 0 Å². The third kappa shape index (κ3) is 4.53. The van der Waals surface area contributed by atoms with Gasteiger partial charge in [0.15, 0.2) is 0 Å². The summed E-state index contributed by atoms with van der Waals surface area (Å²) in [6, 6.07) is 0. The zero-order chi connectivity index (χ0) is 15.1. The first-order valence-corrected chi connectivity index (χ1v) is 6.23. The van der Waals surface area contributed by atoms with E-state index in [1.165, 1.54) is 13.3 Å².